The third-order valence-corrected chi connectivity index (χ3v) is 8.10. The lowest BCUT2D eigenvalue weighted by atomic mass is 10.0. The molecular formula is C34H35ClFN5O. The molecule has 6 rings (SSSR count). The summed E-state index contributed by atoms with van der Waals surface area (Å²) >= 11 is 6.51. The van der Waals surface area contributed by atoms with Crippen molar-refractivity contribution >= 4 is 35.1 Å². The number of halogens is 2. The zero-order valence-corrected chi connectivity index (χ0v) is 24.4. The maximum absolute atomic E-state index is 13.5. The second-order valence-corrected chi connectivity index (χ2v) is 11.3. The maximum Gasteiger partial charge on any atom is 0.138 e. The molecule has 1 saturated heterocycles. The van der Waals surface area contributed by atoms with Crippen molar-refractivity contribution in [2.45, 2.75) is 45.3 Å². The van der Waals surface area contributed by atoms with Crippen molar-refractivity contribution < 1.29 is 9.13 Å². The summed E-state index contributed by atoms with van der Waals surface area (Å²) in [5.41, 5.74) is 5.93. The lowest BCUT2D eigenvalue weighted by Crippen LogP contribution is -2.28. The number of aromatic nitrogens is 1. The molecule has 0 spiro atoms. The number of aliphatic imine (C=N–C) groups is 2. The molecule has 216 valence electrons. The van der Waals surface area contributed by atoms with Gasteiger partial charge in [0.25, 0.3) is 0 Å². The van der Waals surface area contributed by atoms with Crippen molar-refractivity contribution in [3.63, 3.8) is 0 Å². The molecule has 3 heterocycles. The summed E-state index contributed by atoms with van der Waals surface area (Å²) in [5, 5.41) is 3.85. The Bertz CT molecular complexity index is 1590. The topological polar surface area (TPSA) is 54.1 Å². The first kappa shape index (κ1) is 28.2. The second kappa shape index (κ2) is 13.4. The first-order valence-electron chi connectivity index (χ1n) is 14.6. The third-order valence-electron chi connectivity index (χ3n) is 7.81. The van der Waals surface area contributed by atoms with E-state index in [1.807, 2.05) is 12.1 Å². The minimum atomic E-state index is -0.292. The van der Waals surface area contributed by atoms with Gasteiger partial charge in [-0.25, -0.2) is 14.4 Å². The summed E-state index contributed by atoms with van der Waals surface area (Å²) in [5.74, 6) is 1.01. The molecule has 2 aliphatic rings. The Kier molecular flexibility index (Phi) is 8.97. The fraction of sp³-hybridized carbons (Fsp3) is 0.294. The van der Waals surface area contributed by atoms with Crippen LogP contribution in [0.25, 0.3) is 11.1 Å². The highest BCUT2D eigenvalue weighted by Gasteiger charge is 2.14. The molecule has 1 N–H and O–H groups in total. The second-order valence-electron chi connectivity index (χ2n) is 10.9. The highest BCUT2D eigenvalue weighted by molar-refractivity contribution is 6.32. The van der Waals surface area contributed by atoms with Crippen LogP contribution in [0.4, 0.5) is 15.8 Å². The molecule has 0 unspecified atom stereocenters. The van der Waals surface area contributed by atoms with E-state index in [4.69, 9.17) is 16.3 Å². The summed E-state index contributed by atoms with van der Waals surface area (Å²) in [7, 11) is 0. The normalized spacial score (nSPS) is 15.4. The number of ether oxygens (including phenoxy) is 1. The zero-order chi connectivity index (χ0) is 28.7. The monoisotopic (exact) mass is 583 g/mol. The smallest absolute Gasteiger partial charge is 0.138 e. The fourth-order valence-corrected chi connectivity index (χ4v) is 5.75. The molecule has 0 bridgehead atoms. The Morgan fingerprint density at radius 2 is 1.79 bits per heavy atom. The Balaban J connectivity index is 1.09. The van der Waals surface area contributed by atoms with Crippen LogP contribution < -0.4 is 10.1 Å². The van der Waals surface area contributed by atoms with E-state index in [1.165, 1.54) is 62.0 Å². The van der Waals surface area contributed by atoms with Gasteiger partial charge in [-0.15, -0.1) is 0 Å². The highest BCUT2D eigenvalue weighted by Crippen LogP contribution is 2.31. The number of hydrogen-bond acceptors (Lipinski definition) is 5. The summed E-state index contributed by atoms with van der Waals surface area (Å²) in [4.78, 5) is 11.7. The SMILES string of the molecule is Fc1cccc(COc2ccc(NC3=NC=Nc4ccc(-c5ccn(CCN6CCCCCC6)c5)cc4C3)cc2Cl)c1. The predicted octanol–water partition coefficient (Wildman–Crippen LogP) is 8.13. The van der Waals surface area contributed by atoms with Gasteiger partial charge >= 0.3 is 0 Å². The molecular weight excluding hydrogens is 549 g/mol. The van der Waals surface area contributed by atoms with Gasteiger partial charge in [-0.2, -0.15) is 0 Å². The van der Waals surface area contributed by atoms with E-state index in [0.717, 1.165) is 41.4 Å². The average molecular weight is 584 g/mol. The van der Waals surface area contributed by atoms with E-state index in [0.29, 0.717) is 17.2 Å². The lowest BCUT2D eigenvalue weighted by molar-refractivity contribution is 0.273. The highest BCUT2D eigenvalue weighted by atomic mass is 35.5. The molecule has 3 aromatic carbocycles. The molecule has 0 aliphatic carbocycles. The molecule has 2 aliphatic heterocycles. The van der Waals surface area contributed by atoms with Gasteiger partial charge in [0.2, 0.25) is 0 Å². The van der Waals surface area contributed by atoms with E-state index in [9.17, 15) is 4.39 Å². The summed E-state index contributed by atoms with van der Waals surface area (Å²) in [6.07, 6.45) is 12.0. The molecule has 42 heavy (non-hydrogen) atoms. The molecule has 0 radical (unpaired) electrons. The molecule has 0 saturated carbocycles. The number of fused-ring (bicyclic) bond motifs is 1. The van der Waals surface area contributed by atoms with Crippen LogP contribution in [-0.4, -0.2) is 41.3 Å². The Morgan fingerprint density at radius 1 is 0.905 bits per heavy atom. The van der Waals surface area contributed by atoms with Crippen LogP contribution in [0.1, 0.15) is 36.8 Å². The largest absolute Gasteiger partial charge is 0.487 e. The Labute approximate surface area is 251 Å². The molecule has 1 aromatic heterocycles. The van der Waals surface area contributed by atoms with Gasteiger partial charge < -0.3 is 19.5 Å². The molecule has 6 nitrogen and oxygen atoms in total. The Morgan fingerprint density at radius 3 is 2.62 bits per heavy atom. The van der Waals surface area contributed by atoms with E-state index in [-0.39, 0.29) is 12.4 Å². The van der Waals surface area contributed by atoms with Crippen molar-refractivity contribution in [3.8, 4) is 16.9 Å². The number of amidine groups is 1. The van der Waals surface area contributed by atoms with Gasteiger partial charge in [0, 0.05) is 37.6 Å². The minimum Gasteiger partial charge on any atom is -0.487 e. The summed E-state index contributed by atoms with van der Waals surface area (Å²) in [6, 6.07) is 20.4. The van der Waals surface area contributed by atoms with Gasteiger partial charge in [0.1, 0.15) is 30.3 Å². The first-order chi connectivity index (χ1) is 20.6. The maximum atomic E-state index is 13.5. The quantitative estimate of drug-likeness (QED) is 0.228. The van der Waals surface area contributed by atoms with Crippen LogP contribution in [0.5, 0.6) is 5.75 Å². The number of likely N-dealkylation sites (tertiary alicyclic amines) is 1. The summed E-state index contributed by atoms with van der Waals surface area (Å²) in [6.45, 7) is 4.78. The van der Waals surface area contributed by atoms with Gasteiger partial charge in [-0.05, 0) is 96.7 Å². The van der Waals surface area contributed by atoms with Gasteiger partial charge in [-0.1, -0.05) is 42.6 Å². The van der Waals surface area contributed by atoms with E-state index in [2.05, 4.69) is 61.4 Å². The minimum absolute atomic E-state index is 0.231. The number of rotatable bonds is 8. The number of anilines is 1. The number of benzene rings is 3. The van der Waals surface area contributed by atoms with E-state index in [1.54, 1.807) is 24.5 Å². The van der Waals surface area contributed by atoms with Crippen molar-refractivity contribution in [2.24, 2.45) is 9.98 Å². The van der Waals surface area contributed by atoms with Crippen LogP contribution >= 0.6 is 11.6 Å². The van der Waals surface area contributed by atoms with Crippen LogP contribution in [0.2, 0.25) is 5.02 Å². The van der Waals surface area contributed by atoms with Crippen molar-refractivity contribution in [2.75, 3.05) is 25.0 Å². The molecule has 1 fully saturated rings. The number of hydrogen-bond donors (Lipinski definition) is 1. The van der Waals surface area contributed by atoms with Gasteiger partial charge in [-0.3, -0.25) is 0 Å². The predicted molar refractivity (Wildman–Crippen MR) is 170 cm³/mol. The number of nitrogens with zero attached hydrogens (tertiary/aromatic N) is 4. The first-order valence-corrected chi connectivity index (χ1v) is 15.0. The van der Waals surface area contributed by atoms with Gasteiger partial charge in [0.15, 0.2) is 0 Å². The van der Waals surface area contributed by atoms with Crippen molar-refractivity contribution in [1.29, 1.82) is 0 Å². The van der Waals surface area contributed by atoms with Crippen molar-refractivity contribution in [1.82, 2.24) is 9.47 Å². The molecule has 4 aromatic rings. The average Bonchev–Trinajstić information content (AvgIpc) is 3.17. The molecule has 8 heteroatoms. The lowest BCUT2D eigenvalue weighted by Gasteiger charge is -2.19. The number of nitrogens with one attached hydrogen (secondary N) is 1. The zero-order valence-electron chi connectivity index (χ0n) is 23.6. The van der Waals surface area contributed by atoms with Crippen LogP contribution in [0, 0.1) is 5.82 Å². The van der Waals surface area contributed by atoms with E-state index < -0.39 is 0 Å². The Hall–Kier alpha value is -3.94. The van der Waals surface area contributed by atoms with Crippen LogP contribution in [0.3, 0.4) is 0 Å². The van der Waals surface area contributed by atoms with Gasteiger partial charge in [0.05, 0.1) is 10.7 Å². The summed E-state index contributed by atoms with van der Waals surface area (Å²) < 4.78 is 21.6. The molecule has 0 amide bonds. The van der Waals surface area contributed by atoms with Crippen LogP contribution in [0.15, 0.2) is 89.1 Å². The van der Waals surface area contributed by atoms with E-state index >= 15 is 0 Å². The molecule has 0 atom stereocenters. The van der Waals surface area contributed by atoms with Crippen LogP contribution in [-0.2, 0) is 19.6 Å². The van der Waals surface area contributed by atoms with Crippen molar-refractivity contribution in [3.05, 3.63) is 101 Å². The fourth-order valence-electron chi connectivity index (χ4n) is 5.51. The third kappa shape index (κ3) is 7.27. The standard InChI is InChI=1S/C34H35ClFN5O/c35-31-21-30(9-11-33(31)42-23-25-6-5-7-29(36)18-25)39-34-20-28-19-26(8-10-32(28)37-24-38-34)27-12-15-41(22-27)17-16-40-13-3-1-2-4-14-40/h5-12,15,18-19,21-22,24H,1-4,13-14,16-17,20,23H2,(H,37,38,39).